The summed E-state index contributed by atoms with van der Waals surface area (Å²) in [5, 5.41) is 2.16. The standard InChI is InChI=1S/C33H26N2O3/c1-22-6-3-4-9-29(22)32(36)35-17-15-25-11-13-27(20-31(25)35)26-12-10-24-14-16-34(30(24)19-26)21-23-7-5-8-28(18-23)33(37)38-2/h3-20H,21H2,1-2H3. The van der Waals surface area contributed by atoms with Crippen LogP contribution in [0.1, 0.15) is 31.8 Å². The van der Waals surface area contributed by atoms with E-state index < -0.39 is 0 Å². The van der Waals surface area contributed by atoms with Crippen molar-refractivity contribution in [1.29, 1.82) is 0 Å². The number of hydrogen-bond donors (Lipinski definition) is 0. The molecule has 0 saturated carbocycles. The van der Waals surface area contributed by atoms with Gasteiger partial charge in [-0.1, -0.05) is 54.6 Å². The third kappa shape index (κ3) is 4.18. The number of aromatic nitrogens is 2. The van der Waals surface area contributed by atoms with Crippen molar-refractivity contribution in [2.75, 3.05) is 7.11 Å². The van der Waals surface area contributed by atoms with E-state index in [-0.39, 0.29) is 11.9 Å². The lowest BCUT2D eigenvalue weighted by molar-refractivity contribution is 0.0600. The number of ether oxygens (including phenoxy) is 1. The largest absolute Gasteiger partial charge is 0.465 e. The SMILES string of the molecule is COC(=O)c1cccc(Cn2ccc3ccc(-c4ccc5ccn(C(=O)c6ccccc6C)c5c4)cc32)c1. The molecule has 0 atom stereocenters. The minimum absolute atomic E-state index is 0.0336. The monoisotopic (exact) mass is 498 g/mol. The Labute approximate surface area is 220 Å². The van der Waals surface area contributed by atoms with Crippen LogP contribution in [0, 0.1) is 6.92 Å². The Morgan fingerprint density at radius 1 is 0.737 bits per heavy atom. The fourth-order valence-corrected chi connectivity index (χ4v) is 5.04. The highest BCUT2D eigenvalue weighted by molar-refractivity contribution is 6.03. The van der Waals surface area contributed by atoms with Crippen molar-refractivity contribution in [3.8, 4) is 11.1 Å². The molecule has 6 rings (SSSR count). The molecule has 0 radical (unpaired) electrons. The predicted molar refractivity (Wildman–Crippen MR) is 151 cm³/mol. The Bertz CT molecular complexity index is 1840. The van der Waals surface area contributed by atoms with E-state index in [0.29, 0.717) is 17.7 Å². The van der Waals surface area contributed by atoms with Crippen molar-refractivity contribution < 1.29 is 14.3 Å². The molecule has 6 aromatic rings. The van der Waals surface area contributed by atoms with Gasteiger partial charge in [-0.2, -0.15) is 0 Å². The molecular formula is C33H26N2O3. The smallest absolute Gasteiger partial charge is 0.337 e. The van der Waals surface area contributed by atoms with Crippen LogP contribution in [0.3, 0.4) is 0 Å². The average molecular weight is 499 g/mol. The van der Waals surface area contributed by atoms with E-state index in [4.69, 9.17) is 4.74 Å². The number of carbonyl (C=O) groups is 2. The summed E-state index contributed by atoms with van der Waals surface area (Å²) in [6.07, 6.45) is 3.91. The number of methoxy groups -OCH3 is 1. The quantitative estimate of drug-likeness (QED) is 0.238. The molecular weight excluding hydrogens is 472 g/mol. The lowest BCUT2D eigenvalue weighted by atomic mass is 10.0. The number of hydrogen-bond acceptors (Lipinski definition) is 3. The van der Waals surface area contributed by atoms with Crippen LogP contribution in [-0.4, -0.2) is 28.1 Å². The molecule has 2 aromatic heterocycles. The maximum atomic E-state index is 13.4. The van der Waals surface area contributed by atoms with Crippen LogP contribution in [-0.2, 0) is 11.3 Å². The van der Waals surface area contributed by atoms with Gasteiger partial charge in [0, 0.05) is 35.4 Å². The molecule has 0 bridgehead atoms. The molecule has 0 amide bonds. The van der Waals surface area contributed by atoms with Crippen molar-refractivity contribution in [3.63, 3.8) is 0 Å². The summed E-state index contributed by atoms with van der Waals surface area (Å²) in [6.45, 7) is 2.59. The number of nitrogens with zero attached hydrogens (tertiary/aromatic N) is 2. The van der Waals surface area contributed by atoms with E-state index in [1.165, 1.54) is 7.11 Å². The maximum absolute atomic E-state index is 13.4. The third-order valence-electron chi connectivity index (χ3n) is 7.10. The summed E-state index contributed by atoms with van der Waals surface area (Å²) in [6, 6.07) is 31.9. The van der Waals surface area contributed by atoms with Crippen LogP contribution in [0.2, 0.25) is 0 Å². The number of carbonyl (C=O) groups excluding carboxylic acids is 2. The molecule has 5 nitrogen and oxygen atoms in total. The Hall–Kier alpha value is -4.90. The summed E-state index contributed by atoms with van der Waals surface area (Å²) in [4.78, 5) is 25.3. The fraction of sp³-hybridized carbons (Fsp3) is 0.0909. The Kier molecular flexibility index (Phi) is 5.89. The first-order valence-corrected chi connectivity index (χ1v) is 12.5. The van der Waals surface area contributed by atoms with Gasteiger partial charge in [0.2, 0.25) is 0 Å². The number of fused-ring (bicyclic) bond motifs is 2. The second kappa shape index (κ2) is 9.52. The van der Waals surface area contributed by atoms with Gasteiger partial charge in [-0.15, -0.1) is 0 Å². The van der Waals surface area contributed by atoms with Gasteiger partial charge in [0.05, 0.1) is 18.2 Å². The number of benzene rings is 4. The Balaban J connectivity index is 1.37. The van der Waals surface area contributed by atoms with Gasteiger partial charge in [0.25, 0.3) is 5.91 Å². The summed E-state index contributed by atoms with van der Waals surface area (Å²) in [5.74, 6) is -0.374. The highest BCUT2D eigenvalue weighted by atomic mass is 16.5. The second-order valence-corrected chi connectivity index (χ2v) is 9.49. The normalized spacial score (nSPS) is 11.2. The molecule has 2 heterocycles. The topological polar surface area (TPSA) is 53.2 Å². The molecule has 186 valence electrons. The van der Waals surface area contributed by atoms with Crippen LogP contribution in [0.5, 0.6) is 0 Å². The molecule has 0 unspecified atom stereocenters. The summed E-state index contributed by atoms with van der Waals surface area (Å²) in [7, 11) is 1.39. The zero-order valence-electron chi connectivity index (χ0n) is 21.2. The number of rotatable bonds is 5. The number of aryl methyl sites for hydroxylation is 1. The van der Waals surface area contributed by atoms with E-state index in [0.717, 1.165) is 44.1 Å². The van der Waals surface area contributed by atoms with Crippen LogP contribution in [0.4, 0.5) is 0 Å². The molecule has 0 aliphatic carbocycles. The first-order chi connectivity index (χ1) is 18.5. The Morgan fingerprint density at radius 2 is 1.45 bits per heavy atom. The van der Waals surface area contributed by atoms with Crippen LogP contribution in [0.25, 0.3) is 32.9 Å². The molecule has 0 N–H and O–H groups in total. The fourth-order valence-electron chi connectivity index (χ4n) is 5.04. The van der Waals surface area contributed by atoms with Gasteiger partial charge in [0.1, 0.15) is 0 Å². The van der Waals surface area contributed by atoms with Crippen molar-refractivity contribution in [2.24, 2.45) is 0 Å². The van der Waals surface area contributed by atoms with Gasteiger partial charge >= 0.3 is 5.97 Å². The molecule has 0 aliphatic rings. The molecule has 38 heavy (non-hydrogen) atoms. The summed E-state index contributed by atoms with van der Waals surface area (Å²) < 4.78 is 8.78. The molecule has 5 heteroatoms. The molecule has 0 spiro atoms. The average Bonchev–Trinajstić information content (AvgIpc) is 3.56. The van der Waals surface area contributed by atoms with Crippen molar-refractivity contribution in [3.05, 3.63) is 132 Å². The zero-order chi connectivity index (χ0) is 26.2. The van der Waals surface area contributed by atoms with Gasteiger partial charge < -0.3 is 9.30 Å². The van der Waals surface area contributed by atoms with Crippen molar-refractivity contribution in [1.82, 2.24) is 9.13 Å². The second-order valence-electron chi connectivity index (χ2n) is 9.49. The van der Waals surface area contributed by atoms with Gasteiger partial charge in [-0.25, -0.2) is 4.79 Å². The third-order valence-corrected chi connectivity index (χ3v) is 7.10. The minimum atomic E-state index is -0.340. The lowest BCUT2D eigenvalue weighted by Crippen LogP contribution is -2.12. The summed E-state index contributed by atoms with van der Waals surface area (Å²) >= 11 is 0. The Morgan fingerprint density at radius 3 is 2.21 bits per heavy atom. The highest BCUT2D eigenvalue weighted by Gasteiger charge is 2.15. The van der Waals surface area contributed by atoms with Crippen LogP contribution in [0.15, 0.2) is 109 Å². The van der Waals surface area contributed by atoms with Gasteiger partial charge in [-0.05, 0) is 77.0 Å². The van der Waals surface area contributed by atoms with Crippen molar-refractivity contribution >= 4 is 33.7 Å². The van der Waals surface area contributed by atoms with E-state index in [9.17, 15) is 9.59 Å². The molecule has 0 saturated heterocycles. The zero-order valence-corrected chi connectivity index (χ0v) is 21.2. The van der Waals surface area contributed by atoms with Crippen molar-refractivity contribution in [2.45, 2.75) is 13.5 Å². The minimum Gasteiger partial charge on any atom is -0.465 e. The maximum Gasteiger partial charge on any atom is 0.337 e. The lowest BCUT2D eigenvalue weighted by Gasteiger charge is -2.10. The van der Waals surface area contributed by atoms with Crippen LogP contribution >= 0.6 is 0 Å². The van der Waals surface area contributed by atoms with Crippen LogP contribution < -0.4 is 0 Å². The van der Waals surface area contributed by atoms with E-state index in [1.54, 1.807) is 10.6 Å². The molecule has 0 aliphatic heterocycles. The summed E-state index contributed by atoms with van der Waals surface area (Å²) in [5.41, 5.74) is 7.30. The molecule has 4 aromatic carbocycles. The van der Waals surface area contributed by atoms with E-state index in [1.807, 2.05) is 61.7 Å². The van der Waals surface area contributed by atoms with E-state index in [2.05, 4.69) is 53.2 Å². The number of esters is 1. The first-order valence-electron chi connectivity index (χ1n) is 12.5. The van der Waals surface area contributed by atoms with Gasteiger partial charge in [-0.3, -0.25) is 9.36 Å². The van der Waals surface area contributed by atoms with E-state index >= 15 is 0 Å². The predicted octanol–water partition coefficient (Wildman–Crippen LogP) is 7.09. The highest BCUT2D eigenvalue weighted by Crippen LogP contribution is 2.29. The first kappa shape index (κ1) is 23.5. The van der Waals surface area contributed by atoms with Gasteiger partial charge in [0.15, 0.2) is 0 Å². The molecule has 0 fully saturated rings.